The van der Waals surface area contributed by atoms with Crippen LogP contribution in [0.4, 0.5) is 0 Å². The molecule has 0 aliphatic rings. The van der Waals surface area contributed by atoms with Crippen molar-refractivity contribution in [1.29, 1.82) is 0 Å². The summed E-state index contributed by atoms with van der Waals surface area (Å²) in [5.41, 5.74) is 7.88. The minimum absolute atomic E-state index is 0.0111. The summed E-state index contributed by atoms with van der Waals surface area (Å²) in [6.45, 7) is 2.21. The van der Waals surface area contributed by atoms with Gasteiger partial charge < -0.3 is 25.8 Å². The molecule has 0 atom stereocenters. The molecule has 7 nitrogen and oxygen atoms in total. The lowest BCUT2D eigenvalue weighted by atomic mass is 10.1. The normalized spacial score (nSPS) is 10.5. The largest absolute Gasteiger partial charge is 0.489 e. The van der Waals surface area contributed by atoms with Crippen molar-refractivity contribution in [3.05, 3.63) is 95.6 Å². The summed E-state index contributed by atoms with van der Waals surface area (Å²) < 4.78 is 11.9. The van der Waals surface area contributed by atoms with Gasteiger partial charge in [-0.1, -0.05) is 67.1 Å². The van der Waals surface area contributed by atoms with Gasteiger partial charge >= 0.3 is 0 Å². The number of benzene rings is 3. The number of carbonyl (C=O) groups is 2. The molecular weight excluding hydrogens is 454 g/mol. The molecule has 3 aromatic carbocycles. The molecule has 36 heavy (non-hydrogen) atoms. The first-order chi connectivity index (χ1) is 17.7. The summed E-state index contributed by atoms with van der Waals surface area (Å²) in [5.74, 6) is 0.889. The maximum Gasteiger partial charge on any atom is 0.255 e. The number of carbonyl (C=O) groups excluding carboxylic acids is 2. The maximum absolute atomic E-state index is 13.0. The number of unbranched alkanes of at least 4 members (excludes halogenated alkanes) is 2. The summed E-state index contributed by atoms with van der Waals surface area (Å²) in [6.07, 6.45) is 2.85. The van der Waals surface area contributed by atoms with Crippen LogP contribution in [0.15, 0.2) is 78.9 Å². The third-order valence-corrected chi connectivity index (χ3v) is 5.51. The van der Waals surface area contributed by atoms with Crippen LogP contribution in [0.5, 0.6) is 11.5 Å². The number of amides is 2. The fraction of sp³-hybridized carbons (Fsp3) is 0.310. The lowest BCUT2D eigenvalue weighted by Crippen LogP contribution is -2.28. The molecule has 0 heterocycles. The van der Waals surface area contributed by atoms with E-state index >= 15 is 0 Å². The molecule has 0 spiro atoms. The minimum Gasteiger partial charge on any atom is -0.489 e. The quantitative estimate of drug-likeness (QED) is 0.278. The van der Waals surface area contributed by atoms with E-state index in [1.807, 2.05) is 66.7 Å². The number of hydrogen-bond donors (Lipinski definition) is 3. The molecule has 0 saturated heterocycles. The summed E-state index contributed by atoms with van der Waals surface area (Å²) >= 11 is 0. The molecule has 3 aromatic rings. The average Bonchev–Trinajstić information content (AvgIpc) is 2.92. The number of nitrogens with two attached hydrogens (primary N) is 1. The second-order valence-corrected chi connectivity index (χ2v) is 8.41. The first-order valence-corrected chi connectivity index (χ1v) is 12.4. The molecule has 3 rings (SSSR count). The zero-order valence-electron chi connectivity index (χ0n) is 20.6. The molecule has 0 aliphatic heterocycles. The summed E-state index contributed by atoms with van der Waals surface area (Å²) in [5, 5.41) is 5.73. The Morgan fingerprint density at radius 3 is 2.06 bits per heavy atom. The van der Waals surface area contributed by atoms with Crippen LogP contribution in [0.1, 0.15) is 47.2 Å². The number of hydrogen-bond acceptors (Lipinski definition) is 5. The Bertz CT molecular complexity index is 1070. The van der Waals surface area contributed by atoms with E-state index in [-0.39, 0.29) is 11.8 Å². The van der Waals surface area contributed by atoms with Crippen molar-refractivity contribution < 1.29 is 19.1 Å². The molecule has 4 N–H and O–H groups in total. The van der Waals surface area contributed by atoms with Crippen LogP contribution in [-0.4, -0.2) is 31.4 Å². The second kappa shape index (κ2) is 15.2. The van der Waals surface area contributed by atoms with E-state index in [0.717, 1.165) is 30.4 Å². The van der Waals surface area contributed by atoms with Gasteiger partial charge in [0.2, 0.25) is 5.91 Å². The molecule has 190 valence electrons. The topological polar surface area (TPSA) is 103 Å². The average molecular weight is 490 g/mol. The lowest BCUT2D eigenvalue weighted by Gasteiger charge is -2.14. The molecule has 0 bridgehead atoms. The zero-order chi connectivity index (χ0) is 25.4. The van der Waals surface area contributed by atoms with Crippen LogP contribution >= 0.6 is 0 Å². The van der Waals surface area contributed by atoms with Crippen molar-refractivity contribution in [1.82, 2.24) is 10.6 Å². The van der Waals surface area contributed by atoms with Crippen LogP contribution in [-0.2, 0) is 18.0 Å². The molecular formula is C29H35N3O4. The molecule has 0 aliphatic carbocycles. The van der Waals surface area contributed by atoms with E-state index in [9.17, 15) is 9.59 Å². The van der Waals surface area contributed by atoms with Gasteiger partial charge in [-0.25, -0.2) is 0 Å². The third-order valence-electron chi connectivity index (χ3n) is 5.51. The Hall–Kier alpha value is -3.84. The van der Waals surface area contributed by atoms with Crippen molar-refractivity contribution >= 4 is 11.8 Å². The first kappa shape index (κ1) is 26.8. The number of rotatable bonds is 15. The monoisotopic (exact) mass is 489 g/mol. The Labute approximate surface area is 213 Å². The van der Waals surface area contributed by atoms with E-state index in [0.29, 0.717) is 56.3 Å². The van der Waals surface area contributed by atoms with Gasteiger partial charge in [0.15, 0.2) is 0 Å². The molecule has 7 heteroatoms. The van der Waals surface area contributed by atoms with Crippen LogP contribution in [0.25, 0.3) is 0 Å². The SMILES string of the molecule is NCCNC(=O)CCCCCNC(=O)c1cc(OCc2ccccc2)ccc1OCc1ccccc1. The zero-order valence-corrected chi connectivity index (χ0v) is 20.6. The molecule has 0 saturated carbocycles. The minimum atomic E-state index is -0.219. The summed E-state index contributed by atoms with van der Waals surface area (Å²) in [7, 11) is 0. The predicted octanol–water partition coefficient (Wildman–Crippen LogP) is 4.21. The standard InChI is InChI=1S/C29H35N3O4/c30-17-19-31-28(33)14-8-3-9-18-32-29(34)26-20-25(35-21-23-10-4-1-5-11-23)15-16-27(26)36-22-24-12-6-2-7-13-24/h1-2,4-7,10-13,15-16,20H,3,8-9,14,17-19,21-22,30H2,(H,31,33)(H,32,34). The molecule has 0 unspecified atom stereocenters. The fourth-order valence-corrected chi connectivity index (χ4v) is 3.56. The van der Waals surface area contributed by atoms with Gasteiger partial charge in [-0.05, 0) is 42.2 Å². The maximum atomic E-state index is 13.0. The molecule has 0 radical (unpaired) electrons. The van der Waals surface area contributed by atoms with Crippen molar-refractivity contribution in [2.75, 3.05) is 19.6 Å². The van der Waals surface area contributed by atoms with Gasteiger partial charge in [0.25, 0.3) is 5.91 Å². The fourth-order valence-electron chi connectivity index (χ4n) is 3.56. The summed E-state index contributed by atoms with van der Waals surface area (Å²) in [6, 6.07) is 25.0. The highest BCUT2D eigenvalue weighted by atomic mass is 16.5. The Balaban J connectivity index is 1.56. The third kappa shape index (κ3) is 9.43. The molecule has 0 fully saturated rings. The van der Waals surface area contributed by atoms with E-state index in [4.69, 9.17) is 15.2 Å². The second-order valence-electron chi connectivity index (χ2n) is 8.41. The van der Waals surface area contributed by atoms with Gasteiger partial charge in [0.05, 0.1) is 5.56 Å². The summed E-state index contributed by atoms with van der Waals surface area (Å²) in [4.78, 5) is 24.7. The highest BCUT2D eigenvalue weighted by molar-refractivity contribution is 5.97. The van der Waals surface area contributed by atoms with E-state index in [1.54, 1.807) is 12.1 Å². The van der Waals surface area contributed by atoms with Gasteiger partial charge in [0.1, 0.15) is 24.7 Å². The van der Waals surface area contributed by atoms with Gasteiger partial charge in [0, 0.05) is 26.1 Å². The highest BCUT2D eigenvalue weighted by Crippen LogP contribution is 2.26. The van der Waals surface area contributed by atoms with Crippen LogP contribution in [0.2, 0.25) is 0 Å². The predicted molar refractivity (Wildman–Crippen MR) is 141 cm³/mol. The van der Waals surface area contributed by atoms with Crippen LogP contribution < -0.4 is 25.8 Å². The van der Waals surface area contributed by atoms with E-state index < -0.39 is 0 Å². The Morgan fingerprint density at radius 2 is 1.39 bits per heavy atom. The Kier molecular flexibility index (Phi) is 11.3. The smallest absolute Gasteiger partial charge is 0.255 e. The van der Waals surface area contributed by atoms with Crippen molar-refractivity contribution in [3.8, 4) is 11.5 Å². The van der Waals surface area contributed by atoms with Crippen LogP contribution in [0, 0.1) is 0 Å². The highest BCUT2D eigenvalue weighted by Gasteiger charge is 2.15. The van der Waals surface area contributed by atoms with Crippen molar-refractivity contribution in [2.45, 2.75) is 38.9 Å². The lowest BCUT2D eigenvalue weighted by molar-refractivity contribution is -0.121. The molecule has 2 amide bonds. The van der Waals surface area contributed by atoms with Crippen molar-refractivity contribution in [2.24, 2.45) is 5.73 Å². The number of ether oxygens (including phenoxy) is 2. The van der Waals surface area contributed by atoms with Gasteiger partial charge in [-0.2, -0.15) is 0 Å². The van der Waals surface area contributed by atoms with Crippen LogP contribution in [0.3, 0.4) is 0 Å². The Morgan fingerprint density at radius 1 is 0.722 bits per heavy atom. The first-order valence-electron chi connectivity index (χ1n) is 12.4. The van der Waals surface area contributed by atoms with E-state index in [1.165, 1.54) is 0 Å². The van der Waals surface area contributed by atoms with Gasteiger partial charge in [-0.15, -0.1) is 0 Å². The molecule has 0 aromatic heterocycles. The van der Waals surface area contributed by atoms with Crippen molar-refractivity contribution in [3.63, 3.8) is 0 Å². The van der Waals surface area contributed by atoms with E-state index in [2.05, 4.69) is 10.6 Å². The van der Waals surface area contributed by atoms with Gasteiger partial charge in [-0.3, -0.25) is 9.59 Å². The number of nitrogens with one attached hydrogen (secondary N) is 2.